The highest BCUT2D eigenvalue weighted by Crippen LogP contribution is 2.30. The summed E-state index contributed by atoms with van der Waals surface area (Å²) in [5.41, 5.74) is -0.476. The van der Waals surface area contributed by atoms with E-state index in [-0.39, 0.29) is 16.0 Å². The zero-order valence-corrected chi connectivity index (χ0v) is 11.8. The molecule has 0 atom stereocenters. The van der Waals surface area contributed by atoms with Gasteiger partial charge in [0.25, 0.3) is 0 Å². The van der Waals surface area contributed by atoms with E-state index in [1.165, 1.54) is 18.2 Å². The standard InChI is InChI=1S/C12H16N2O4S/c1-12(2,19-3)7-13-9-6-4-5-8(11(15)16)10(9)14(17)18/h4-6,13H,7H2,1-3H3,(H,15,16). The molecule has 0 unspecified atom stereocenters. The number of rotatable bonds is 6. The summed E-state index contributed by atoms with van der Waals surface area (Å²) in [6, 6.07) is 4.23. The Balaban J connectivity index is 3.11. The Kier molecular flexibility index (Phi) is 4.77. The molecule has 0 saturated heterocycles. The molecule has 0 bridgehead atoms. The molecule has 104 valence electrons. The van der Waals surface area contributed by atoms with Gasteiger partial charge in [0.05, 0.1) is 4.92 Å². The molecule has 0 aliphatic rings. The number of hydrogen-bond acceptors (Lipinski definition) is 5. The molecular formula is C12H16N2O4S. The molecule has 0 aliphatic carbocycles. The molecule has 0 aliphatic heterocycles. The molecule has 1 aromatic rings. The average molecular weight is 284 g/mol. The van der Waals surface area contributed by atoms with Crippen LogP contribution >= 0.6 is 11.8 Å². The summed E-state index contributed by atoms with van der Waals surface area (Å²) < 4.78 is -0.104. The molecule has 0 heterocycles. The molecule has 0 aromatic heterocycles. The van der Waals surface area contributed by atoms with Gasteiger partial charge in [-0.25, -0.2) is 4.79 Å². The number of carbonyl (C=O) groups is 1. The van der Waals surface area contributed by atoms with Gasteiger partial charge in [-0.2, -0.15) is 11.8 Å². The first-order valence-corrected chi connectivity index (χ1v) is 6.80. The number of carboxylic acid groups (broad SMARTS) is 1. The predicted octanol–water partition coefficient (Wildman–Crippen LogP) is 2.85. The number of para-hydroxylation sites is 1. The zero-order valence-electron chi connectivity index (χ0n) is 11.0. The highest BCUT2D eigenvalue weighted by molar-refractivity contribution is 7.99. The van der Waals surface area contributed by atoms with Gasteiger partial charge in [0.1, 0.15) is 11.3 Å². The SMILES string of the molecule is CSC(C)(C)CNc1cccc(C(=O)O)c1[N+](=O)[O-]. The zero-order chi connectivity index (χ0) is 14.6. The molecule has 2 N–H and O–H groups in total. The molecule has 0 fully saturated rings. The van der Waals surface area contributed by atoms with Crippen LogP contribution in [0.3, 0.4) is 0 Å². The van der Waals surface area contributed by atoms with Crippen molar-refractivity contribution in [2.24, 2.45) is 0 Å². The van der Waals surface area contributed by atoms with E-state index in [4.69, 9.17) is 5.11 Å². The van der Waals surface area contributed by atoms with E-state index in [1.54, 1.807) is 11.8 Å². The minimum absolute atomic E-state index is 0.104. The van der Waals surface area contributed by atoms with Crippen LogP contribution in [0.1, 0.15) is 24.2 Å². The van der Waals surface area contributed by atoms with E-state index in [1.807, 2.05) is 20.1 Å². The van der Waals surface area contributed by atoms with Gasteiger partial charge in [-0.05, 0) is 32.2 Å². The van der Waals surface area contributed by atoms with Crippen molar-refractivity contribution in [2.75, 3.05) is 18.1 Å². The maximum Gasteiger partial charge on any atom is 0.342 e. The van der Waals surface area contributed by atoms with Crippen molar-refractivity contribution in [3.63, 3.8) is 0 Å². The number of nitrogens with zero attached hydrogens (tertiary/aromatic N) is 1. The largest absolute Gasteiger partial charge is 0.477 e. The lowest BCUT2D eigenvalue weighted by atomic mass is 10.1. The monoisotopic (exact) mass is 284 g/mol. The van der Waals surface area contributed by atoms with Crippen molar-refractivity contribution in [1.29, 1.82) is 0 Å². The number of thioether (sulfide) groups is 1. The molecular weight excluding hydrogens is 268 g/mol. The van der Waals surface area contributed by atoms with Gasteiger partial charge < -0.3 is 10.4 Å². The number of hydrogen-bond donors (Lipinski definition) is 2. The summed E-state index contributed by atoms with van der Waals surface area (Å²) in [6.07, 6.45) is 1.95. The van der Waals surface area contributed by atoms with Gasteiger partial charge >= 0.3 is 11.7 Å². The summed E-state index contributed by atoms with van der Waals surface area (Å²) in [6.45, 7) is 4.49. The quantitative estimate of drug-likeness (QED) is 0.616. The Morgan fingerprint density at radius 3 is 2.63 bits per heavy atom. The Labute approximate surface area is 115 Å². The summed E-state index contributed by atoms with van der Waals surface area (Å²) in [5.74, 6) is -1.31. The van der Waals surface area contributed by atoms with E-state index in [9.17, 15) is 14.9 Å². The first-order chi connectivity index (χ1) is 8.78. The van der Waals surface area contributed by atoms with Crippen LogP contribution < -0.4 is 5.32 Å². The molecule has 0 radical (unpaired) electrons. The van der Waals surface area contributed by atoms with Crippen LogP contribution in [0.5, 0.6) is 0 Å². The third kappa shape index (κ3) is 3.85. The molecule has 0 spiro atoms. The molecule has 19 heavy (non-hydrogen) atoms. The maximum absolute atomic E-state index is 11.0. The summed E-state index contributed by atoms with van der Waals surface area (Å²) in [5, 5.41) is 23.0. The second-order valence-electron chi connectivity index (χ2n) is 4.58. The van der Waals surface area contributed by atoms with Crippen LogP contribution in [-0.2, 0) is 0 Å². The number of aromatic carboxylic acids is 1. The average Bonchev–Trinajstić information content (AvgIpc) is 2.35. The van der Waals surface area contributed by atoms with Crippen LogP contribution in [0, 0.1) is 10.1 Å². The lowest BCUT2D eigenvalue weighted by molar-refractivity contribution is -0.384. The Hall–Kier alpha value is -1.76. The van der Waals surface area contributed by atoms with E-state index in [0.29, 0.717) is 6.54 Å². The van der Waals surface area contributed by atoms with E-state index < -0.39 is 16.6 Å². The van der Waals surface area contributed by atoms with Gasteiger partial charge in [-0.15, -0.1) is 0 Å². The van der Waals surface area contributed by atoms with Crippen LogP contribution in [-0.4, -0.2) is 33.5 Å². The highest BCUT2D eigenvalue weighted by atomic mass is 32.2. The third-order valence-electron chi connectivity index (χ3n) is 2.71. The summed E-state index contributed by atoms with van der Waals surface area (Å²) in [7, 11) is 0. The van der Waals surface area contributed by atoms with Crippen molar-refractivity contribution in [2.45, 2.75) is 18.6 Å². The van der Waals surface area contributed by atoms with Crippen molar-refractivity contribution >= 4 is 29.1 Å². The molecule has 1 aromatic carbocycles. The fourth-order valence-corrected chi connectivity index (χ4v) is 1.65. The van der Waals surface area contributed by atoms with Crippen molar-refractivity contribution in [1.82, 2.24) is 0 Å². The fourth-order valence-electron chi connectivity index (χ4n) is 1.44. The lowest BCUT2D eigenvalue weighted by Crippen LogP contribution is -2.26. The smallest absolute Gasteiger partial charge is 0.342 e. The normalized spacial score (nSPS) is 11.1. The minimum Gasteiger partial charge on any atom is -0.477 e. The first-order valence-electron chi connectivity index (χ1n) is 5.58. The number of carboxylic acids is 1. The first kappa shape index (κ1) is 15.3. The number of nitrogens with one attached hydrogen (secondary N) is 1. The molecule has 7 heteroatoms. The van der Waals surface area contributed by atoms with E-state index in [0.717, 1.165) is 0 Å². The van der Waals surface area contributed by atoms with Crippen LogP contribution in [0.15, 0.2) is 18.2 Å². The highest BCUT2D eigenvalue weighted by Gasteiger charge is 2.25. The number of nitro groups is 1. The van der Waals surface area contributed by atoms with Gasteiger partial charge in [0.2, 0.25) is 0 Å². The lowest BCUT2D eigenvalue weighted by Gasteiger charge is -2.22. The number of nitro benzene ring substituents is 1. The maximum atomic E-state index is 11.0. The second kappa shape index (κ2) is 5.92. The third-order valence-corrected chi connectivity index (χ3v) is 3.96. The molecule has 0 saturated carbocycles. The number of benzene rings is 1. The Morgan fingerprint density at radius 1 is 1.53 bits per heavy atom. The van der Waals surface area contributed by atoms with Crippen LogP contribution in [0.25, 0.3) is 0 Å². The topological polar surface area (TPSA) is 92.5 Å². The van der Waals surface area contributed by atoms with Gasteiger partial charge in [-0.1, -0.05) is 6.07 Å². The van der Waals surface area contributed by atoms with Crippen molar-refractivity contribution in [3.8, 4) is 0 Å². The van der Waals surface area contributed by atoms with Gasteiger partial charge in [-0.3, -0.25) is 10.1 Å². The predicted molar refractivity (Wildman–Crippen MR) is 76.1 cm³/mol. The van der Waals surface area contributed by atoms with Crippen LogP contribution in [0.2, 0.25) is 0 Å². The van der Waals surface area contributed by atoms with Crippen molar-refractivity contribution < 1.29 is 14.8 Å². The molecule has 6 nitrogen and oxygen atoms in total. The second-order valence-corrected chi connectivity index (χ2v) is 6.09. The van der Waals surface area contributed by atoms with E-state index >= 15 is 0 Å². The fraction of sp³-hybridized carbons (Fsp3) is 0.417. The van der Waals surface area contributed by atoms with Gasteiger partial charge in [0, 0.05) is 11.3 Å². The Bertz CT molecular complexity index is 503. The van der Waals surface area contributed by atoms with Crippen molar-refractivity contribution in [3.05, 3.63) is 33.9 Å². The van der Waals surface area contributed by atoms with Crippen LogP contribution in [0.4, 0.5) is 11.4 Å². The van der Waals surface area contributed by atoms with E-state index in [2.05, 4.69) is 5.32 Å². The minimum atomic E-state index is -1.31. The Morgan fingerprint density at radius 2 is 2.16 bits per heavy atom. The number of anilines is 1. The molecule has 0 amide bonds. The summed E-state index contributed by atoms with van der Waals surface area (Å²) in [4.78, 5) is 21.4. The summed E-state index contributed by atoms with van der Waals surface area (Å²) >= 11 is 1.62. The van der Waals surface area contributed by atoms with Gasteiger partial charge in [0.15, 0.2) is 0 Å². The molecule has 1 rings (SSSR count).